The molecule has 1 heterocycles. The molecular formula is C17H23N3O. The van der Waals surface area contributed by atoms with Crippen LogP contribution in [-0.2, 0) is 19.4 Å². The Morgan fingerprint density at radius 3 is 2.38 bits per heavy atom. The van der Waals surface area contributed by atoms with E-state index in [0.29, 0.717) is 6.42 Å². The number of nitrogens with zero attached hydrogens (tertiary/aromatic N) is 3. The first kappa shape index (κ1) is 15.3. The Labute approximate surface area is 126 Å². The van der Waals surface area contributed by atoms with Crippen LogP contribution in [0.2, 0.25) is 0 Å². The summed E-state index contributed by atoms with van der Waals surface area (Å²) in [5.74, 6) is 0.137. The third kappa shape index (κ3) is 3.51. The van der Waals surface area contributed by atoms with E-state index in [9.17, 15) is 4.79 Å². The SMILES string of the molecule is CCc1cc(CC(=O)c2ccc(N(C)C)cc2)n(CC)n1. The summed E-state index contributed by atoms with van der Waals surface area (Å²) in [7, 11) is 3.98. The lowest BCUT2D eigenvalue weighted by atomic mass is 10.1. The van der Waals surface area contributed by atoms with Gasteiger partial charge < -0.3 is 4.90 Å². The molecular weight excluding hydrogens is 262 g/mol. The van der Waals surface area contributed by atoms with Crippen molar-refractivity contribution in [2.24, 2.45) is 0 Å². The van der Waals surface area contributed by atoms with Crippen LogP contribution in [0.5, 0.6) is 0 Å². The lowest BCUT2D eigenvalue weighted by Gasteiger charge is -2.12. The minimum absolute atomic E-state index is 0.137. The Balaban J connectivity index is 2.15. The normalized spacial score (nSPS) is 10.7. The molecule has 1 aromatic carbocycles. The fourth-order valence-electron chi connectivity index (χ4n) is 2.32. The molecule has 0 unspecified atom stereocenters. The van der Waals surface area contributed by atoms with Crippen LogP contribution >= 0.6 is 0 Å². The smallest absolute Gasteiger partial charge is 0.168 e. The number of aromatic nitrogens is 2. The summed E-state index contributed by atoms with van der Waals surface area (Å²) in [6.45, 7) is 4.92. The minimum Gasteiger partial charge on any atom is -0.378 e. The van der Waals surface area contributed by atoms with Crippen LogP contribution in [0.15, 0.2) is 30.3 Å². The van der Waals surface area contributed by atoms with E-state index < -0.39 is 0 Å². The van der Waals surface area contributed by atoms with Gasteiger partial charge in [-0.3, -0.25) is 9.48 Å². The summed E-state index contributed by atoms with van der Waals surface area (Å²) < 4.78 is 1.92. The Morgan fingerprint density at radius 2 is 1.86 bits per heavy atom. The second kappa shape index (κ2) is 6.57. The van der Waals surface area contributed by atoms with Gasteiger partial charge in [-0.05, 0) is 43.7 Å². The fourth-order valence-corrected chi connectivity index (χ4v) is 2.32. The number of hydrogen-bond donors (Lipinski definition) is 0. The van der Waals surface area contributed by atoms with Gasteiger partial charge in [-0.15, -0.1) is 0 Å². The predicted octanol–water partition coefficient (Wildman–Crippen LogP) is 2.96. The zero-order valence-electron chi connectivity index (χ0n) is 13.3. The molecule has 2 aromatic rings. The highest BCUT2D eigenvalue weighted by Gasteiger charge is 2.12. The number of rotatable bonds is 6. The first-order valence-electron chi connectivity index (χ1n) is 7.41. The van der Waals surface area contributed by atoms with Crippen molar-refractivity contribution in [2.45, 2.75) is 33.2 Å². The lowest BCUT2D eigenvalue weighted by Crippen LogP contribution is -2.11. The number of anilines is 1. The monoisotopic (exact) mass is 285 g/mol. The van der Waals surface area contributed by atoms with Crippen molar-refractivity contribution < 1.29 is 4.79 Å². The van der Waals surface area contributed by atoms with Crippen molar-refractivity contribution in [3.05, 3.63) is 47.3 Å². The van der Waals surface area contributed by atoms with Gasteiger partial charge >= 0.3 is 0 Å². The molecule has 0 saturated carbocycles. The standard InChI is InChI=1S/C17H23N3O/c1-5-14-11-16(20(6-2)18-14)12-17(21)13-7-9-15(10-8-13)19(3)4/h7-11H,5-6,12H2,1-4H3. The molecule has 0 fully saturated rings. The highest BCUT2D eigenvalue weighted by atomic mass is 16.1. The Hall–Kier alpha value is -2.10. The number of carbonyl (C=O) groups excluding carboxylic acids is 1. The number of hydrogen-bond acceptors (Lipinski definition) is 3. The van der Waals surface area contributed by atoms with Crippen LogP contribution in [0.3, 0.4) is 0 Å². The third-order valence-corrected chi connectivity index (χ3v) is 3.62. The molecule has 0 saturated heterocycles. The number of aryl methyl sites for hydroxylation is 2. The largest absolute Gasteiger partial charge is 0.378 e. The molecule has 0 radical (unpaired) electrons. The van der Waals surface area contributed by atoms with Crippen LogP contribution in [0, 0.1) is 0 Å². The molecule has 0 aliphatic heterocycles. The predicted molar refractivity (Wildman–Crippen MR) is 86.1 cm³/mol. The molecule has 21 heavy (non-hydrogen) atoms. The zero-order chi connectivity index (χ0) is 15.4. The molecule has 2 rings (SSSR count). The van der Waals surface area contributed by atoms with Crippen molar-refractivity contribution in [2.75, 3.05) is 19.0 Å². The Morgan fingerprint density at radius 1 is 1.19 bits per heavy atom. The van der Waals surface area contributed by atoms with Gasteiger partial charge in [-0.2, -0.15) is 5.10 Å². The molecule has 4 nitrogen and oxygen atoms in total. The van der Waals surface area contributed by atoms with Gasteiger partial charge in [0.05, 0.1) is 12.1 Å². The molecule has 4 heteroatoms. The highest BCUT2D eigenvalue weighted by Crippen LogP contribution is 2.15. The lowest BCUT2D eigenvalue weighted by molar-refractivity contribution is 0.0990. The molecule has 0 bridgehead atoms. The van der Waals surface area contributed by atoms with Crippen molar-refractivity contribution in [3.63, 3.8) is 0 Å². The van der Waals surface area contributed by atoms with Crippen molar-refractivity contribution in [3.8, 4) is 0 Å². The summed E-state index contributed by atoms with van der Waals surface area (Å²) in [4.78, 5) is 14.4. The number of Topliss-reactive ketones (excluding diaryl/α,β-unsaturated/α-hetero) is 1. The highest BCUT2D eigenvalue weighted by molar-refractivity contribution is 5.97. The van der Waals surface area contributed by atoms with Crippen LogP contribution in [0.4, 0.5) is 5.69 Å². The van der Waals surface area contributed by atoms with Gasteiger partial charge in [0.2, 0.25) is 0 Å². The van der Waals surface area contributed by atoms with Gasteiger partial charge in [-0.1, -0.05) is 6.92 Å². The van der Waals surface area contributed by atoms with Crippen molar-refractivity contribution in [1.29, 1.82) is 0 Å². The van der Waals surface area contributed by atoms with E-state index in [2.05, 4.69) is 12.0 Å². The average Bonchev–Trinajstić information content (AvgIpc) is 2.89. The second-order valence-electron chi connectivity index (χ2n) is 5.34. The third-order valence-electron chi connectivity index (χ3n) is 3.62. The maximum Gasteiger partial charge on any atom is 0.168 e. The van der Waals surface area contributed by atoms with Gasteiger partial charge in [0, 0.05) is 37.6 Å². The Bertz CT molecular complexity index is 611. The first-order valence-corrected chi connectivity index (χ1v) is 7.41. The summed E-state index contributed by atoms with van der Waals surface area (Å²) in [5, 5.41) is 4.49. The maximum atomic E-state index is 12.4. The molecule has 0 atom stereocenters. The van der Waals surface area contributed by atoms with Crippen molar-refractivity contribution in [1.82, 2.24) is 9.78 Å². The molecule has 112 valence electrons. The summed E-state index contributed by atoms with van der Waals surface area (Å²) >= 11 is 0. The van der Waals surface area contributed by atoms with Gasteiger partial charge in [0.15, 0.2) is 5.78 Å². The zero-order valence-corrected chi connectivity index (χ0v) is 13.3. The topological polar surface area (TPSA) is 38.1 Å². The maximum absolute atomic E-state index is 12.4. The minimum atomic E-state index is 0.137. The Kier molecular flexibility index (Phi) is 4.78. The van der Waals surface area contributed by atoms with E-state index in [1.165, 1.54) is 0 Å². The summed E-state index contributed by atoms with van der Waals surface area (Å²) in [5.41, 5.74) is 3.89. The van der Waals surface area contributed by atoms with E-state index in [4.69, 9.17) is 0 Å². The molecule has 0 aliphatic rings. The first-order chi connectivity index (χ1) is 10.0. The summed E-state index contributed by atoms with van der Waals surface area (Å²) in [6.07, 6.45) is 1.30. The van der Waals surface area contributed by atoms with Gasteiger partial charge in [0.1, 0.15) is 0 Å². The van der Waals surface area contributed by atoms with E-state index >= 15 is 0 Å². The van der Waals surface area contributed by atoms with Crippen LogP contribution in [-0.4, -0.2) is 29.7 Å². The molecule has 0 N–H and O–H groups in total. The van der Waals surface area contributed by atoms with E-state index in [1.54, 1.807) is 0 Å². The van der Waals surface area contributed by atoms with Crippen LogP contribution < -0.4 is 4.90 Å². The number of benzene rings is 1. The quantitative estimate of drug-likeness (QED) is 0.766. The van der Waals surface area contributed by atoms with E-state index in [-0.39, 0.29) is 5.78 Å². The number of carbonyl (C=O) groups is 1. The summed E-state index contributed by atoms with van der Waals surface area (Å²) in [6, 6.07) is 9.77. The number of ketones is 1. The van der Waals surface area contributed by atoms with E-state index in [0.717, 1.165) is 35.6 Å². The fraction of sp³-hybridized carbons (Fsp3) is 0.412. The van der Waals surface area contributed by atoms with Crippen LogP contribution in [0.1, 0.15) is 35.6 Å². The van der Waals surface area contributed by atoms with Gasteiger partial charge in [0.25, 0.3) is 0 Å². The van der Waals surface area contributed by atoms with Crippen molar-refractivity contribution >= 4 is 11.5 Å². The molecule has 1 aromatic heterocycles. The van der Waals surface area contributed by atoms with Gasteiger partial charge in [-0.25, -0.2) is 0 Å². The van der Waals surface area contributed by atoms with Crippen LogP contribution in [0.25, 0.3) is 0 Å². The average molecular weight is 285 g/mol. The molecule has 0 aliphatic carbocycles. The second-order valence-corrected chi connectivity index (χ2v) is 5.34. The molecule has 0 spiro atoms. The molecule has 0 amide bonds. The van der Waals surface area contributed by atoms with E-state index in [1.807, 2.05) is 60.9 Å².